The number of hydrogen-bond acceptors (Lipinski definition) is 10. The van der Waals surface area contributed by atoms with Gasteiger partial charge in [-0.2, -0.15) is 0 Å². The molecule has 2 heterocycles. The van der Waals surface area contributed by atoms with Crippen LogP contribution in [0, 0.1) is 0 Å². The molecule has 4 rings (SSSR count). The Labute approximate surface area is 228 Å². The average Bonchev–Trinajstić information content (AvgIpc) is 3.22. The Balaban J connectivity index is 1.92. The minimum atomic E-state index is -0.856. The Hall–Kier alpha value is -4.38. The third kappa shape index (κ3) is 5.44. The van der Waals surface area contributed by atoms with Gasteiger partial charge in [-0.3, -0.25) is 14.2 Å². The third-order valence-corrected chi connectivity index (χ3v) is 6.95. The SMILES string of the molecule is CCOc1ccc(/C=c2\sc3n(c2=O)C(c2ccc(OC(C)=O)c(OC)c2)C(C(=O)OC)=C(C)N=3)cc1OC. The van der Waals surface area contributed by atoms with Crippen molar-refractivity contribution in [2.24, 2.45) is 4.99 Å². The van der Waals surface area contributed by atoms with E-state index in [0.717, 1.165) is 5.56 Å². The highest BCUT2D eigenvalue weighted by molar-refractivity contribution is 7.07. The number of aromatic nitrogens is 1. The molecule has 0 radical (unpaired) electrons. The van der Waals surface area contributed by atoms with Crippen LogP contribution >= 0.6 is 11.3 Å². The van der Waals surface area contributed by atoms with E-state index in [9.17, 15) is 14.4 Å². The lowest BCUT2D eigenvalue weighted by molar-refractivity contribution is -0.136. The first kappa shape index (κ1) is 27.6. The largest absolute Gasteiger partial charge is 0.493 e. The maximum atomic E-state index is 13.8. The molecule has 3 aromatic rings. The summed E-state index contributed by atoms with van der Waals surface area (Å²) in [5.41, 5.74) is 1.57. The van der Waals surface area contributed by atoms with E-state index in [1.54, 1.807) is 50.4 Å². The highest BCUT2D eigenvalue weighted by Crippen LogP contribution is 2.36. The zero-order valence-electron chi connectivity index (χ0n) is 22.4. The lowest BCUT2D eigenvalue weighted by Gasteiger charge is -2.25. The highest BCUT2D eigenvalue weighted by atomic mass is 32.1. The maximum absolute atomic E-state index is 13.8. The molecule has 0 saturated heterocycles. The molecule has 2 aromatic carbocycles. The normalized spacial score (nSPS) is 14.8. The molecule has 0 aliphatic carbocycles. The minimum absolute atomic E-state index is 0.210. The fraction of sp³-hybridized carbons (Fsp3) is 0.286. The summed E-state index contributed by atoms with van der Waals surface area (Å²) >= 11 is 1.20. The second kappa shape index (κ2) is 11.6. The monoisotopic (exact) mass is 552 g/mol. The van der Waals surface area contributed by atoms with Crippen molar-refractivity contribution in [3.8, 4) is 23.0 Å². The van der Waals surface area contributed by atoms with Gasteiger partial charge in [-0.15, -0.1) is 0 Å². The molecular formula is C28H28N2O8S. The Morgan fingerprint density at radius 1 is 1.03 bits per heavy atom. The van der Waals surface area contributed by atoms with Crippen molar-refractivity contribution in [1.82, 2.24) is 4.57 Å². The van der Waals surface area contributed by atoms with Gasteiger partial charge in [0.05, 0.1) is 49.8 Å². The van der Waals surface area contributed by atoms with Crippen molar-refractivity contribution >= 4 is 29.4 Å². The number of benzene rings is 2. The molecule has 0 N–H and O–H groups in total. The van der Waals surface area contributed by atoms with Gasteiger partial charge in [0, 0.05) is 6.92 Å². The van der Waals surface area contributed by atoms with E-state index in [0.29, 0.717) is 38.7 Å². The summed E-state index contributed by atoms with van der Waals surface area (Å²) in [6.07, 6.45) is 1.74. The molecule has 1 unspecified atom stereocenters. The smallest absolute Gasteiger partial charge is 0.338 e. The zero-order valence-corrected chi connectivity index (χ0v) is 23.2. The Bertz CT molecular complexity index is 1650. The van der Waals surface area contributed by atoms with Crippen molar-refractivity contribution in [3.05, 3.63) is 78.5 Å². The zero-order chi connectivity index (χ0) is 28.3. The van der Waals surface area contributed by atoms with Crippen LogP contribution in [0.1, 0.15) is 37.9 Å². The number of allylic oxidation sites excluding steroid dienone is 1. The lowest BCUT2D eigenvalue weighted by Crippen LogP contribution is -2.39. The number of thiazole rings is 1. The number of rotatable bonds is 8. The number of nitrogens with zero attached hydrogens (tertiary/aromatic N) is 2. The summed E-state index contributed by atoms with van der Waals surface area (Å²) in [4.78, 5) is 43.2. The van der Waals surface area contributed by atoms with Crippen LogP contribution in [0.15, 0.2) is 57.5 Å². The van der Waals surface area contributed by atoms with E-state index in [2.05, 4.69) is 4.99 Å². The molecule has 0 fully saturated rings. The highest BCUT2D eigenvalue weighted by Gasteiger charge is 2.33. The maximum Gasteiger partial charge on any atom is 0.338 e. The molecule has 11 heteroatoms. The Morgan fingerprint density at radius 2 is 1.72 bits per heavy atom. The number of ether oxygens (including phenoxy) is 5. The van der Waals surface area contributed by atoms with Gasteiger partial charge in [-0.25, -0.2) is 9.79 Å². The number of carbonyl (C=O) groups is 2. The van der Waals surface area contributed by atoms with E-state index in [1.165, 1.54) is 37.0 Å². The Kier molecular flexibility index (Phi) is 8.20. The van der Waals surface area contributed by atoms with Crippen LogP contribution in [0.2, 0.25) is 0 Å². The van der Waals surface area contributed by atoms with Crippen molar-refractivity contribution < 1.29 is 33.3 Å². The summed E-state index contributed by atoms with van der Waals surface area (Å²) in [5, 5.41) is 0. The van der Waals surface area contributed by atoms with E-state index >= 15 is 0 Å². The molecule has 0 bridgehead atoms. The van der Waals surface area contributed by atoms with Crippen LogP contribution in [0.4, 0.5) is 0 Å². The first-order chi connectivity index (χ1) is 18.7. The first-order valence-electron chi connectivity index (χ1n) is 12.0. The first-order valence-corrected chi connectivity index (χ1v) is 12.8. The molecular weight excluding hydrogens is 524 g/mol. The van der Waals surface area contributed by atoms with Gasteiger partial charge in [0.1, 0.15) is 0 Å². The second-order valence-corrected chi connectivity index (χ2v) is 9.43. The fourth-order valence-electron chi connectivity index (χ4n) is 4.30. The summed E-state index contributed by atoms with van der Waals surface area (Å²) in [6, 6.07) is 9.38. The molecule has 0 amide bonds. The van der Waals surface area contributed by atoms with Crippen LogP contribution in [-0.4, -0.2) is 44.4 Å². The number of carbonyl (C=O) groups excluding carboxylic acids is 2. The molecule has 1 atom stereocenters. The van der Waals surface area contributed by atoms with Crippen LogP contribution in [-0.2, 0) is 14.3 Å². The summed E-state index contributed by atoms with van der Waals surface area (Å²) in [5.74, 6) is 0.500. The topological polar surface area (TPSA) is 115 Å². The summed E-state index contributed by atoms with van der Waals surface area (Å²) in [7, 11) is 4.26. The lowest BCUT2D eigenvalue weighted by atomic mass is 9.95. The Morgan fingerprint density at radius 3 is 2.36 bits per heavy atom. The molecule has 1 aliphatic rings. The average molecular weight is 553 g/mol. The molecule has 0 spiro atoms. The van der Waals surface area contributed by atoms with Gasteiger partial charge in [-0.05, 0) is 55.3 Å². The molecule has 0 saturated carbocycles. The standard InChI is InChI=1S/C28H28N2O8S/c1-7-37-19-10-8-17(12-21(19)34-4)13-23-26(32)30-25(24(27(33)36-6)15(2)29-28(30)39-23)18-9-11-20(38-16(3)31)22(14-18)35-5/h8-14,25H,7H2,1-6H3/b23-13-. The molecule has 1 aliphatic heterocycles. The number of hydrogen-bond donors (Lipinski definition) is 0. The summed E-state index contributed by atoms with van der Waals surface area (Å²) in [6.45, 7) is 5.35. The number of esters is 2. The molecule has 1 aromatic heterocycles. The predicted molar refractivity (Wildman–Crippen MR) is 144 cm³/mol. The third-order valence-electron chi connectivity index (χ3n) is 5.97. The van der Waals surface area contributed by atoms with Crippen molar-refractivity contribution in [1.29, 1.82) is 0 Å². The number of fused-ring (bicyclic) bond motifs is 1. The van der Waals surface area contributed by atoms with Gasteiger partial charge in [-0.1, -0.05) is 23.5 Å². The summed E-state index contributed by atoms with van der Waals surface area (Å²) < 4.78 is 28.6. The van der Waals surface area contributed by atoms with Crippen molar-refractivity contribution in [2.45, 2.75) is 26.8 Å². The quantitative estimate of drug-likeness (QED) is 0.310. The second-order valence-electron chi connectivity index (χ2n) is 8.42. The number of methoxy groups -OCH3 is 3. The van der Waals surface area contributed by atoms with Crippen molar-refractivity contribution in [2.75, 3.05) is 27.9 Å². The van der Waals surface area contributed by atoms with Gasteiger partial charge in [0.2, 0.25) is 0 Å². The van der Waals surface area contributed by atoms with E-state index in [1.807, 2.05) is 13.0 Å². The van der Waals surface area contributed by atoms with Gasteiger partial charge >= 0.3 is 11.9 Å². The van der Waals surface area contributed by atoms with Gasteiger partial charge < -0.3 is 23.7 Å². The molecule has 10 nitrogen and oxygen atoms in total. The van der Waals surface area contributed by atoms with E-state index in [-0.39, 0.29) is 22.6 Å². The van der Waals surface area contributed by atoms with Crippen LogP contribution in [0.5, 0.6) is 23.0 Å². The minimum Gasteiger partial charge on any atom is -0.493 e. The van der Waals surface area contributed by atoms with Gasteiger partial charge in [0.25, 0.3) is 5.56 Å². The molecule has 204 valence electrons. The fourth-order valence-corrected chi connectivity index (χ4v) is 5.35. The van der Waals surface area contributed by atoms with Crippen LogP contribution < -0.4 is 33.8 Å². The van der Waals surface area contributed by atoms with Crippen molar-refractivity contribution in [3.63, 3.8) is 0 Å². The van der Waals surface area contributed by atoms with E-state index in [4.69, 9.17) is 23.7 Å². The predicted octanol–water partition coefficient (Wildman–Crippen LogP) is 2.75. The van der Waals surface area contributed by atoms with Crippen LogP contribution in [0.25, 0.3) is 6.08 Å². The molecule has 39 heavy (non-hydrogen) atoms. The van der Waals surface area contributed by atoms with Gasteiger partial charge in [0.15, 0.2) is 27.8 Å². The van der Waals surface area contributed by atoms with Crippen LogP contribution in [0.3, 0.4) is 0 Å². The van der Waals surface area contributed by atoms with E-state index < -0.39 is 18.0 Å².